The number of ether oxygens (including phenoxy) is 1. The van der Waals surface area contributed by atoms with Gasteiger partial charge in [-0.15, -0.1) is 4.91 Å². The van der Waals surface area contributed by atoms with E-state index in [-0.39, 0.29) is 24.7 Å². The normalized spacial score (nSPS) is 11.8. The molecule has 0 bridgehead atoms. The molecule has 0 aliphatic heterocycles. The molecular formula is C10H17NO5S. The summed E-state index contributed by atoms with van der Waals surface area (Å²) in [6, 6.07) is 0. The first-order chi connectivity index (χ1) is 8.10. The smallest absolute Gasteiger partial charge is 0.306 e. The molecule has 1 atom stereocenters. The lowest BCUT2D eigenvalue weighted by Gasteiger charge is -2.09. The monoisotopic (exact) mass is 263 g/mol. The summed E-state index contributed by atoms with van der Waals surface area (Å²) in [5.41, 5.74) is 0. The molecule has 0 aromatic heterocycles. The summed E-state index contributed by atoms with van der Waals surface area (Å²) in [4.78, 5) is 31.2. The standard InChI is InChI=1S/C10H17NO5S/c1-2-8(17-11-15)4-3-7-16-10(14)6-5-9(12)13/h8H,2-7H2,1H3,(H,12,13). The molecule has 0 spiro atoms. The summed E-state index contributed by atoms with van der Waals surface area (Å²) in [7, 11) is 0. The van der Waals surface area contributed by atoms with Crippen molar-refractivity contribution in [2.75, 3.05) is 6.61 Å². The second kappa shape index (κ2) is 10.1. The summed E-state index contributed by atoms with van der Waals surface area (Å²) in [6.07, 6.45) is 1.93. The number of nitrogens with zero attached hydrogens (tertiary/aromatic N) is 1. The van der Waals surface area contributed by atoms with Crippen LogP contribution < -0.4 is 0 Å². The summed E-state index contributed by atoms with van der Waals surface area (Å²) < 4.78 is 7.61. The molecule has 0 rings (SSSR count). The summed E-state index contributed by atoms with van der Waals surface area (Å²) in [5.74, 6) is -1.51. The molecule has 0 heterocycles. The molecule has 6 nitrogen and oxygen atoms in total. The molecule has 98 valence electrons. The number of esters is 1. The highest BCUT2D eigenvalue weighted by atomic mass is 32.2. The average Bonchev–Trinajstić information content (AvgIpc) is 2.30. The van der Waals surface area contributed by atoms with Crippen molar-refractivity contribution in [3.05, 3.63) is 4.91 Å². The summed E-state index contributed by atoms with van der Waals surface area (Å²) in [5, 5.41) is 8.50. The Labute approximate surface area is 104 Å². The van der Waals surface area contributed by atoms with E-state index in [1.807, 2.05) is 6.92 Å². The van der Waals surface area contributed by atoms with Crippen molar-refractivity contribution in [1.29, 1.82) is 0 Å². The van der Waals surface area contributed by atoms with Gasteiger partial charge in [0.15, 0.2) is 0 Å². The molecule has 0 fully saturated rings. The fourth-order valence-electron chi connectivity index (χ4n) is 1.17. The molecule has 1 unspecified atom stereocenters. The number of carboxylic acids is 1. The Morgan fingerprint density at radius 2 is 2.12 bits per heavy atom. The van der Waals surface area contributed by atoms with Gasteiger partial charge in [-0.25, -0.2) is 0 Å². The minimum absolute atomic E-state index is 0.100. The van der Waals surface area contributed by atoms with E-state index in [1.54, 1.807) is 0 Å². The number of aliphatic carboxylic acids is 1. The summed E-state index contributed by atoms with van der Waals surface area (Å²) >= 11 is 1.00. The third-order valence-corrected chi connectivity index (χ3v) is 3.08. The third kappa shape index (κ3) is 9.80. The van der Waals surface area contributed by atoms with Crippen LogP contribution in [-0.4, -0.2) is 28.9 Å². The van der Waals surface area contributed by atoms with Gasteiger partial charge in [-0.2, -0.15) is 0 Å². The van der Waals surface area contributed by atoms with Crippen LogP contribution in [0, 0.1) is 4.91 Å². The maximum atomic E-state index is 11.0. The molecule has 0 amide bonds. The van der Waals surface area contributed by atoms with E-state index in [0.717, 1.165) is 24.8 Å². The largest absolute Gasteiger partial charge is 0.481 e. The van der Waals surface area contributed by atoms with Gasteiger partial charge in [-0.3, -0.25) is 9.59 Å². The minimum atomic E-state index is -1.01. The topological polar surface area (TPSA) is 93.0 Å². The van der Waals surface area contributed by atoms with Crippen LogP contribution in [0.1, 0.15) is 39.0 Å². The predicted octanol–water partition coefficient (Wildman–Crippen LogP) is 2.37. The molecule has 17 heavy (non-hydrogen) atoms. The van der Waals surface area contributed by atoms with Gasteiger partial charge in [-0.05, 0) is 19.3 Å². The number of carbonyl (C=O) groups is 2. The molecule has 1 N–H and O–H groups in total. The first-order valence-corrected chi connectivity index (χ1v) is 6.29. The van der Waals surface area contributed by atoms with Crippen molar-refractivity contribution in [2.45, 2.75) is 44.3 Å². The Balaban J connectivity index is 3.52. The number of nitroso groups, excluding NO2 is 1. The number of rotatable bonds is 10. The molecule has 0 aliphatic carbocycles. The lowest BCUT2D eigenvalue weighted by Crippen LogP contribution is -2.09. The van der Waals surface area contributed by atoms with Crippen LogP contribution in [0.3, 0.4) is 0 Å². The van der Waals surface area contributed by atoms with Crippen molar-refractivity contribution in [3.8, 4) is 0 Å². The molecule has 0 radical (unpaired) electrons. The van der Waals surface area contributed by atoms with Gasteiger partial charge in [0, 0.05) is 21.8 Å². The Bertz CT molecular complexity index is 259. The number of carboxylic acid groups (broad SMARTS) is 1. The first kappa shape index (κ1) is 15.9. The average molecular weight is 263 g/mol. The highest BCUT2D eigenvalue weighted by Crippen LogP contribution is 2.20. The zero-order valence-corrected chi connectivity index (χ0v) is 10.6. The van der Waals surface area contributed by atoms with Gasteiger partial charge < -0.3 is 9.84 Å². The third-order valence-electron chi connectivity index (χ3n) is 2.12. The number of hydrogen-bond donors (Lipinski definition) is 1. The van der Waals surface area contributed by atoms with E-state index in [2.05, 4.69) is 4.58 Å². The molecule has 7 heteroatoms. The number of hydrogen-bond acceptors (Lipinski definition) is 6. The van der Waals surface area contributed by atoms with Crippen LogP contribution in [0.15, 0.2) is 4.58 Å². The minimum Gasteiger partial charge on any atom is -0.481 e. The molecule has 0 saturated carbocycles. The van der Waals surface area contributed by atoms with Crippen LogP contribution >= 0.6 is 11.9 Å². The maximum absolute atomic E-state index is 11.0. The van der Waals surface area contributed by atoms with Crippen molar-refractivity contribution in [3.63, 3.8) is 0 Å². The van der Waals surface area contributed by atoms with Crippen molar-refractivity contribution < 1.29 is 19.4 Å². The van der Waals surface area contributed by atoms with Crippen LogP contribution in [0.25, 0.3) is 0 Å². The fraction of sp³-hybridized carbons (Fsp3) is 0.800. The first-order valence-electron chi connectivity index (χ1n) is 5.46. The van der Waals surface area contributed by atoms with Gasteiger partial charge in [0.25, 0.3) is 0 Å². The van der Waals surface area contributed by atoms with Gasteiger partial charge in [0.1, 0.15) is 0 Å². The van der Waals surface area contributed by atoms with Crippen LogP contribution in [0.4, 0.5) is 0 Å². The van der Waals surface area contributed by atoms with E-state index in [1.165, 1.54) is 0 Å². The Morgan fingerprint density at radius 1 is 1.41 bits per heavy atom. The molecule has 0 aromatic rings. The van der Waals surface area contributed by atoms with Gasteiger partial charge in [0.05, 0.1) is 19.4 Å². The van der Waals surface area contributed by atoms with Gasteiger partial charge in [-0.1, -0.05) is 6.92 Å². The van der Waals surface area contributed by atoms with Crippen LogP contribution in [-0.2, 0) is 14.3 Å². The van der Waals surface area contributed by atoms with Crippen molar-refractivity contribution in [1.82, 2.24) is 0 Å². The lowest BCUT2D eigenvalue weighted by atomic mass is 10.2. The van der Waals surface area contributed by atoms with Gasteiger partial charge >= 0.3 is 11.9 Å². The zero-order chi connectivity index (χ0) is 13.1. The molecule has 0 aliphatic rings. The van der Waals surface area contributed by atoms with E-state index < -0.39 is 11.9 Å². The summed E-state index contributed by atoms with van der Waals surface area (Å²) in [6.45, 7) is 2.22. The second-order valence-electron chi connectivity index (χ2n) is 3.47. The molecule has 0 aromatic carbocycles. The highest BCUT2D eigenvalue weighted by molar-refractivity contribution is 7.98. The van der Waals surface area contributed by atoms with Crippen molar-refractivity contribution in [2.24, 2.45) is 4.58 Å². The van der Waals surface area contributed by atoms with Gasteiger partial charge in [0.2, 0.25) is 0 Å². The molecular weight excluding hydrogens is 246 g/mol. The van der Waals surface area contributed by atoms with E-state index >= 15 is 0 Å². The van der Waals surface area contributed by atoms with Crippen LogP contribution in [0.5, 0.6) is 0 Å². The van der Waals surface area contributed by atoms with E-state index in [9.17, 15) is 14.5 Å². The van der Waals surface area contributed by atoms with E-state index in [0.29, 0.717) is 6.42 Å². The second-order valence-corrected chi connectivity index (χ2v) is 4.49. The van der Waals surface area contributed by atoms with Crippen LogP contribution in [0.2, 0.25) is 0 Å². The highest BCUT2D eigenvalue weighted by Gasteiger charge is 2.09. The molecule has 0 saturated heterocycles. The zero-order valence-electron chi connectivity index (χ0n) is 9.76. The van der Waals surface area contributed by atoms with Crippen molar-refractivity contribution >= 4 is 23.9 Å². The SMILES string of the molecule is CCC(CCCOC(=O)CCC(=O)O)SN=O. The quantitative estimate of drug-likeness (QED) is 0.281. The number of carbonyl (C=O) groups excluding carboxylic acids is 1. The predicted molar refractivity (Wildman–Crippen MR) is 64.5 cm³/mol. The Morgan fingerprint density at radius 3 is 2.65 bits per heavy atom. The van der Waals surface area contributed by atoms with E-state index in [4.69, 9.17) is 9.84 Å². The Hall–Kier alpha value is -1.11. The maximum Gasteiger partial charge on any atom is 0.306 e. The fourth-order valence-corrected chi connectivity index (χ4v) is 1.71. The lowest BCUT2D eigenvalue weighted by molar-refractivity contribution is -0.147. The Kier molecular flexibility index (Phi) is 9.41.